The van der Waals surface area contributed by atoms with Crippen LogP contribution < -0.4 is 4.72 Å². The summed E-state index contributed by atoms with van der Waals surface area (Å²) >= 11 is 1.48. The maximum absolute atomic E-state index is 12.7. The molecule has 0 spiro atoms. The predicted octanol–water partition coefficient (Wildman–Crippen LogP) is 3.18. The van der Waals surface area contributed by atoms with E-state index in [0.717, 1.165) is 26.1 Å². The molecule has 0 radical (unpaired) electrons. The van der Waals surface area contributed by atoms with E-state index >= 15 is 0 Å². The normalized spacial score (nSPS) is 11.9. The largest absolute Gasteiger partial charge is 0.392 e. The second-order valence-corrected chi connectivity index (χ2v) is 8.20. The number of benzene rings is 2. The van der Waals surface area contributed by atoms with Crippen LogP contribution >= 0.6 is 11.3 Å². The lowest BCUT2D eigenvalue weighted by Gasteiger charge is -2.10. The third kappa shape index (κ3) is 3.16. The fourth-order valence-electron chi connectivity index (χ4n) is 2.61. The van der Waals surface area contributed by atoms with E-state index in [-0.39, 0.29) is 13.2 Å². The van der Waals surface area contributed by atoms with Crippen LogP contribution in [-0.4, -0.2) is 13.5 Å². The highest BCUT2D eigenvalue weighted by molar-refractivity contribution is 7.90. The van der Waals surface area contributed by atoms with Crippen molar-refractivity contribution >= 4 is 31.4 Å². The van der Waals surface area contributed by atoms with Crippen molar-refractivity contribution in [2.75, 3.05) is 0 Å². The lowest BCUT2D eigenvalue weighted by atomic mass is 10.1. The molecule has 0 aliphatic heterocycles. The van der Waals surface area contributed by atoms with Gasteiger partial charge in [0.1, 0.15) is 4.90 Å². The molecule has 0 saturated carbocycles. The molecule has 1 aromatic heterocycles. The number of hydrogen-bond acceptors (Lipinski definition) is 4. The van der Waals surface area contributed by atoms with Gasteiger partial charge in [-0.25, -0.2) is 13.1 Å². The molecular formula is C17H17NO3S2. The third-order valence-electron chi connectivity index (χ3n) is 3.72. The van der Waals surface area contributed by atoms with Crippen LogP contribution in [0.2, 0.25) is 0 Å². The Morgan fingerprint density at radius 1 is 1.04 bits per heavy atom. The van der Waals surface area contributed by atoms with Gasteiger partial charge >= 0.3 is 0 Å². The zero-order valence-electron chi connectivity index (χ0n) is 12.6. The van der Waals surface area contributed by atoms with Gasteiger partial charge in [0.05, 0.1) is 6.61 Å². The molecule has 3 rings (SSSR count). The second kappa shape index (κ2) is 6.41. The zero-order chi connectivity index (χ0) is 16.4. The van der Waals surface area contributed by atoms with E-state index in [4.69, 9.17) is 0 Å². The average Bonchev–Trinajstić information content (AvgIpc) is 2.89. The minimum absolute atomic E-state index is 0.113. The van der Waals surface area contributed by atoms with Crippen molar-refractivity contribution in [1.82, 2.24) is 4.72 Å². The van der Waals surface area contributed by atoms with E-state index in [1.54, 1.807) is 6.07 Å². The highest BCUT2D eigenvalue weighted by Gasteiger charge is 2.22. The smallest absolute Gasteiger partial charge is 0.242 e. The first kappa shape index (κ1) is 16.1. The molecule has 0 unspecified atom stereocenters. The predicted molar refractivity (Wildman–Crippen MR) is 93.0 cm³/mol. The second-order valence-electron chi connectivity index (χ2n) is 5.23. The summed E-state index contributed by atoms with van der Waals surface area (Å²) in [5.41, 5.74) is 1.50. The zero-order valence-corrected chi connectivity index (χ0v) is 14.2. The van der Waals surface area contributed by atoms with Gasteiger partial charge in [-0.2, -0.15) is 0 Å². The highest BCUT2D eigenvalue weighted by atomic mass is 32.2. The first-order chi connectivity index (χ1) is 11.0. The van der Waals surface area contributed by atoms with Crippen molar-refractivity contribution in [1.29, 1.82) is 0 Å². The van der Waals surface area contributed by atoms with Gasteiger partial charge < -0.3 is 5.11 Å². The highest BCUT2D eigenvalue weighted by Crippen LogP contribution is 2.33. The maximum Gasteiger partial charge on any atom is 0.242 e. The molecule has 23 heavy (non-hydrogen) atoms. The van der Waals surface area contributed by atoms with Crippen LogP contribution in [0, 0.1) is 6.92 Å². The Kier molecular flexibility index (Phi) is 4.50. The van der Waals surface area contributed by atoms with Crippen molar-refractivity contribution in [3.63, 3.8) is 0 Å². The van der Waals surface area contributed by atoms with E-state index in [1.165, 1.54) is 11.3 Å². The van der Waals surface area contributed by atoms with Crippen LogP contribution in [0.5, 0.6) is 0 Å². The Labute approximate surface area is 139 Å². The Morgan fingerprint density at radius 3 is 2.43 bits per heavy atom. The number of aryl methyl sites for hydroxylation is 1. The number of nitrogens with one attached hydrogen (secondary N) is 1. The molecule has 0 fully saturated rings. The summed E-state index contributed by atoms with van der Waals surface area (Å²) in [7, 11) is -3.62. The molecule has 1 heterocycles. The summed E-state index contributed by atoms with van der Waals surface area (Å²) in [5, 5.41) is 10.1. The Balaban J connectivity index is 1.94. The van der Waals surface area contributed by atoms with Crippen LogP contribution in [0.15, 0.2) is 53.4 Å². The minimum Gasteiger partial charge on any atom is -0.392 e. The van der Waals surface area contributed by atoms with Gasteiger partial charge in [-0.3, -0.25) is 0 Å². The third-order valence-corrected chi connectivity index (χ3v) is 6.53. The SMILES string of the molecule is Cc1sc2ccccc2c1S(=O)(=O)NCc1ccccc1CO. The number of rotatable bonds is 5. The number of hydrogen-bond donors (Lipinski definition) is 2. The fraction of sp³-hybridized carbons (Fsp3) is 0.176. The number of sulfonamides is 1. The van der Waals surface area contributed by atoms with E-state index in [9.17, 15) is 13.5 Å². The van der Waals surface area contributed by atoms with E-state index < -0.39 is 10.0 Å². The fourth-order valence-corrected chi connectivity index (χ4v) is 5.42. The molecule has 0 aliphatic carbocycles. The Bertz CT molecular complexity index is 945. The van der Waals surface area contributed by atoms with Crippen molar-refractivity contribution < 1.29 is 13.5 Å². The van der Waals surface area contributed by atoms with Crippen molar-refractivity contribution in [3.05, 3.63) is 64.5 Å². The lowest BCUT2D eigenvalue weighted by Crippen LogP contribution is -2.24. The van der Waals surface area contributed by atoms with Crippen LogP contribution in [-0.2, 0) is 23.2 Å². The maximum atomic E-state index is 12.7. The van der Waals surface area contributed by atoms with Crippen LogP contribution in [0.1, 0.15) is 16.0 Å². The molecule has 0 aliphatic rings. The first-order valence-corrected chi connectivity index (χ1v) is 9.48. The Morgan fingerprint density at radius 2 is 1.70 bits per heavy atom. The van der Waals surface area contributed by atoms with Crippen molar-refractivity contribution in [3.8, 4) is 0 Å². The molecule has 4 nitrogen and oxygen atoms in total. The minimum atomic E-state index is -3.62. The van der Waals surface area contributed by atoms with Crippen LogP contribution in [0.3, 0.4) is 0 Å². The molecule has 3 aromatic rings. The first-order valence-electron chi connectivity index (χ1n) is 7.18. The molecule has 0 amide bonds. The molecule has 2 aromatic carbocycles. The van der Waals surface area contributed by atoms with Gasteiger partial charge in [0, 0.05) is 21.5 Å². The monoisotopic (exact) mass is 347 g/mol. The quantitative estimate of drug-likeness (QED) is 0.745. The average molecular weight is 347 g/mol. The summed E-state index contributed by atoms with van der Waals surface area (Å²) < 4.78 is 29.1. The number of thiophene rings is 1. The number of aliphatic hydroxyl groups excluding tert-OH is 1. The summed E-state index contributed by atoms with van der Waals surface area (Å²) in [4.78, 5) is 1.12. The molecule has 0 bridgehead atoms. The molecule has 2 N–H and O–H groups in total. The summed E-state index contributed by atoms with van der Waals surface area (Å²) in [6.45, 7) is 1.86. The van der Waals surface area contributed by atoms with Crippen LogP contribution in [0.4, 0.5) is 0 Å². The van der Waals surface area contributed by atoms with Crippen LogP contribution in [0.25, 0.3) is 10.1 Å². The van der Waals surface area contributed by atoms with Gasteiger partial charge in [-0.1, -0.05) is 42.5 Å². The summed E-state index contributed by atoms with van der Waals surface area (Å²) in [6, 6.07) is 14.7. The van der Waals surface area contributed by atoms with E-state index in [0.29, 0.717) is 4.90 Å². The molecule has 6 heteroatoms. The molecular weight excluding hydrogens is 330 g/mol. The van der Waals surface area contributed by atoms with Gasteiger partial charge in [0.15, 0.2) is 0 Å². The summed E-state index contributed by atoms with van der Waals surface area (Å²) in [5.74, 6) is 0. The number of aliphatic hydroxyl groups is 1. The Hall–Kier alpha value is -1.73. The summed E-state index contributed by atoms with van der Waals surface area (Å²) in [6.07, 6.45) is 0. The standard InChI is InChI=1S/C17H17NO3S2/c1-12-17(15-8-4-5-9-16(15)22-12)23(20,21)18-10-13-6-2-3-7-14(13)11-19/h2-9,18-19H,10-11H2,1H3. The van der Waals surface area contributed by atoms with E-state index in [2.05, 4.69) is 4.72 Å². The molecule has 0 saturated heterocycles. The van der Waals surface area contributed by atoms with Gasteiger partial charge in [0.2, 0.25) is 10.0 Å². The molecule has 120 valence electrons. The number of fused-ring (bicyclic) bond motifs is 1. The van der Waals surface area contributed by atoms with Gasteiger partial charge in [-0.05, 0) is 24.1 Å². The molecule has 0 atom stereocenters. The topological polar surface area (TPSA) is 66.4 Å². The van der Waals surface area contributed by atoms with Crippen molar-refractivity contribution in [2.24, 2.45) is 0 Å². The van der Waals surface area contributed by atoms with Gasteiger partial charge in [-0.15, -0.1) is 11.3 Å². The van der Waals surface area contributed by atoms with E-state index in [1.807, 2.05) is 49.4 Å². The lowest BCUT2D eigenvalue weighted by molar-refractivity contribution is 0.280. The van der Waals surface area contributed by atoms with Crippen molar-refractivity contribution in [2.45, 2.75) is 25.0 Å². The van der Waals surface area contributed by atoms with Gasteiger partial charge in [0.25, 0.3) is 0 Å².